The largest absolute Gasteiger partial charge is 0.345 e. The topological polar surface area (TPSA) is 29.1 Å². The second kappa shape index (κ2) is 6.49. The Bertz CT molecular complexity index is 623. The van der Waals surface area contributed by atoms with Crippen molar-refractivity contribution in [3.8, 4) is 0 Å². The molecule has 0 aliphatic carbocycles. The highest BCUT2D eigenvalue weighted by molar-refractivity contribution is 6.39. The van der Waals surface area contributed by atoms with E-state index in [-0.39, 0.29) is 17.5 Å². The van der Waals surface area contributed by atoms with Gasteiger partial charge in [-0.1, -0.05) is 53.0 Å². The van der Waals surface area contributed by atoms with Crippen LogP contribution < -0.4 is 5.32 Å². The lowest BCUT2D eigenvalue weighted by atomic mass is 10.1. The number of hydrogen-bond donors (Lipinski definition) is 1. The Balaban J connectivity index is 2.20. The van der Waals surface area contributed by atoms with Crippen molar-refractivity contribution in [2.75, 3.05) is 0 Å². The molecule has 2 rings (SSSR count). The Labute approximate surface area is 132 Å². The van der Waals surface area contributed by atoms with E-state index < -0.39 is 0 Å². The summed E-state index contributed by atoms with van der Waals surface area (Å²) >= 11 is 18.0. The summed E-state index contributed by atoms with van der Waals surface area (Å²) in [6.45, 7) is 1.87. The number of rotatable bonds is 3. The Morgan fingerprint density at radius 1 is 1.05 bits per heavy atom. The maximum absolute atomic E-state index is 12.2. The number of halogens is 3. The summed E-state index contributed by atoms with van der Waals surface area (Å²) in [6.07, 6.45) is 0. The molecule has 0 aliphatic rings. The van der Waals surface area contributed by atoms with Gasteiger partial charge in [0, 0.05) is 5.02 Å². The molecule has 1 amide bonds. The third-order valence-electron chi connectivity index (χ3n) is 2.89. The summed E-state index contributed by atoms with van der Waals surface area (Å²) < 4.78 is 0. The molecule has 0 saturated heterocycles. The first-order chi connectivity index (χ1) is 9.49. The molecule has 0 aliphatic heterocycles. The van der Waals surface area contributed by atoms with Crippen LogP contribution in [0.2, 0.25) is 15.1 Å². The van der Waals surface area contributed by atoms with Gasteiger partial charge in [0.1, 0.15) is 0 Å². The minimum Gasteiger partial charge on any atom is -0.345 e. The van der Waals surface area contributed by atoms with Crippen LogP contribution in [0.25, 0.3) is 0 Å². The fourth-order valence-electron chi connectivity index (χ4n) is 1.84. The normalized spacial score (nSPS) is 12.0. The van der Waals surface area contributed by atoms with Crippen LogP contribution in [0.1, 0.15) is 28.9 Å². The quantitative estimate of drug-likeness (QED) is 0.830. The highest BCUT2D eigenvalue weighted by atomic mass is 35.5. The van der Waals surface area contributed by atoms with E-state index in [9.17, 15) is 4.79 Å². The Hall–Kier alpha value is -1.22. The van der Waals surface area contributed by atoms with Gasteiger partial charge < -0.3 is 5.32 Å². The fraction of sp³-hybridized carbons (Fsp3) is 0.133. The molecule has 104 valence electrons. The maximum Gasteiger partial charge on any atom is 0.254 e. The fourth-order valence-corrected chi connectivity index (χ4v) is 2.61. The third-order valence-corrected chi connectivity index (χ3v) is 3.75. The van der Waals surface area contributed by atoms with Gasteiger partial charge in [0.05, 0.1) is 21.7 Å². The van der Waals surface area contributed by atoms with E-state index in [2.05, 4.69) is 5.32 Å². The average Bonchev–Trinajstić information content (AvgIpc) is 2.38. The van der Waals surface area contributed by atoms with Crippen molar-refractivity contribution >= 4 is 40.7 Å². The second-order valence-corrected chi connectivity index (χ2v) is 5.60. The molecule has 0 fully saturated rings. The van der Waals surface area contributed by atoms with Crippen molar-refractivity contribution in [1.29, 1.82) is 0 Å². The molecule has 0 heterocycles. The lowest BCUT2D eigenvalue weighted by molar-refractivity contribution is 0.0940. The van der Waals surface area contributed by atoms with Crippen molar-refractivity contribution < 1.29 is 4.79 Å². The van der Waals surface area contributed by atoms with Gasteiger partial charge in [0.15, 0.2) is 0 Å². The van der Waals surface area contributed by atoms with Gasteiger partial charge in [-0.25, -0.2) is 0 Å². The molecule has 0 bridgehead atoms. The van der Waals surface area contributed by atoms with Crippen molar-refractivity contribution in [3.05, 3.63) is 68.7 Å². The van der Waals surface area contributed by atoms with Crippen molar-refractivity contribution in [1.82, 2.24) is 5.32 Å². The van der Waals surface area contributed by atoms with Crippen LogP contribution in [-0.4, -0.2) is 5.91 Å². The van der Waals surface area contributed by atoms with Crippen LogP contribution in [0, 0.1) is 0 Å². The Morgan fingerprint density at radius 3 is 2.25 bits per heavy atom. The van der Waals surface area contributed by atoms with Crippen LogP contribution in [-0.2, 0) is 0 Å². The van der Waals surface area contributed by atoms with Crippen LogP contribution in [0.5, 0.6) is 0 Å². The molecule has 0 spiro atoms. The second-order valence-electron chi connectivity index (χ2n) is 4.35. The molecule has 0 aromatic heterocycles. The monoisotopic (exact) mass is 327 g/mol. The number of carbonyl (C=O) groups excluding carboxylic acids is 1. The Kier molecular flexibility index (Phi) is 4.92. The molecule has 1 atom stereocenters. The van der Waals surface area contributed by atoms with E-state index in [4.69, 9.17) is 34.8 Å². The number of nitrogens with one attached hydrogen (secondary N) is 1. The van der Waals surface area contributed by atoms with Gasteiger partial charge in [0.25, 0.3) is 5.91 Å². The molecule has 2 aromatic carbocycles. The van der Waals surface area contributed by atoms with Crippen LogP contribution in [0.15, 0.2) is 42.5 Å². The van der Waals surface area contributed by atoms with Crippen molar-refractivity contribution in [2.45, 2.75) is 13.0 Å². The van der Waals surface area contributed by atoms with Crippen LogP contribution in [0.3, 0.4) is 0 Å². The van der Waals surface area contributed by atoms with E-state index in [0.29, 0.717) is 15.1 Å². The summed E-state index contributed by atoms with van der Waals surface area (Å²) in [5.41, 5.74) is 1.19. The third kappa shape index (κ3) is 3.45. The van der Waals surface area contributed by atoms with Gasteiger partial charge in [-0.15, -0.1) is 0 Å². The summed E-state index contributed by atoms with van der Waals surface area (Å²) in [7, 11) is 0. The zero-order valence-electron chi connectivity index (χ0n) is 10.7. The zero-order chi connectivity index (χ0) is 14.7. The first-order valence-electron chi connectivity index (χ1n) is 5.99. The van der Waals surface area contributed by atoms with Crippen LogP contribution >= 0.6 is 34.8 Å². The number of carbonyl (C=O) groups is 1. The maximum atomic E-state index is 12.2. The van der Waals surface area contributed by atoms with Gasteiger partial charge in [-0.3, -0.25) is 4.79 Å². The summed E-state index contributed by atoms with van der Waals surface area (Å²) in [5, 5.41) is 4.13. The molecule has 0 radical (unpaired) electrons. The van der Waals surface area contributed by atoms with Gasteiger partial charge in [-0.05, 0) is 36.8 Å². The first kappa shape index (κ1) is 15.2. The lowest BCUT2D eigenvalue weighted by Crippen LogP contribution is -2.27. The lowest BCUT2D eigenvalue weighted by Gasteiger charge is -2.15. The van der Waals surface area contributed by atoms with Crippen molar-refractivity contribution in [3.63, 3.8) is 0 Å². The predicted molar refractivity (Wildman–Crippen MR) is 83.8 cm³/mol. The van der Waals surface area contributed by atoms with E-state index >= 15 is 0 Å². The standard InChI is InChI=1S/C15H12Cl3NO/c1-9(10-4-2-5-11(16)8-10)19-15(20)14-12(17)6-3-7-13(14)18/h2-9H,1H3,(H,19,20). The van der Waals surface area contributed by atoms with Crippen molar-refractivity contribution in [2.24, 2.45) is 0 Å². The highest BCUT2D eigenvalue weighted by Crippen LogP contribution is 2.25. The van der Waals surface area contributed by atoms with E-state index in [1.54, 1.807) is 30.3 Å². The minimum atomic E-state index is -0.312. The zero-order valence-corrected chi connectivity index (χ0v) is 12.9. The minimum absolute atomic E-state index is 0.200. The number of amides is 1. The van der Waals surface area contributed by atoms with E-state index in [0.717, 1.165) is 5.56 Å². The highest BCUT2D eigenvalue weighted by Gasteiger charge is 2.17. The number of benzene rings is 2. The van der Waals surface area contributed by atoms with Gasteiger partial charge >= 0.3 is 0 Å². The van der Waals surface area contributed by atoms with Gasteiger partial charge in [-0.2, -0.15) is 0 Å². The molecular formula is C15H12Cl3NO. The predicted octanol–water partition coefficient (Wildman–Crippen LogP) is 5.14. The summed E-state index contributed by atoms with van der Waals surface area (Å²) in [4.78, 5) is 12.2. The molecule has 1 unspecified atom stereocenters. The van der Waals surface area contributed by atoms with E-state index in [1.165, 1.54) is 0 Å². The molecule has 0 saturated carbocycles. The molecule has 2 aromatic rings. The molecule has 5 heteroatoms. The smallest absolute Gasteiger partial charge is 0.254 e. The van der Waals surface area contributed by atoms with E-state index in [1.807, 2.05) is 19.1 Å². The average molecular weight is 329 g/mol. The molecule has 1 N–H and O–H groups in total. The molecular weight excluding hydrogens is 317 g/mol. The van der Waals surface area contributed by atoms with Crippen LogP contribution in [0.4, 0.5) is 0 Å². The Morgan fingerprint density at radius 2 is 1.65 bits per heavy atom. The SMILES string of the molecule is CC(NC(=O)c1c(Cl)cccc1Cl)c1cccc(Cl)c1. The molecule has 2 nitrogen and oxygen atoms in total. The van der Waals surface area contributed by atoms with Gasteiger partial charge in [0.2, 0.25) is 0 Å². The summed E-state index contributed by atoms with van der Waals surface area (Å²) in [5.74, 6) is -0.312. The first-order valence-corrected chi connectivity index (χ1v) is 7.13. The molecule has 20 heavy (non-hydrogen) atoms. The summed E-state index contributed by atoms with van der Waals surface area (Å²) in [6, 6.07) is 12.1. The number of hydrogen-bond acceptors (Lipinski definition) is 1.